The number of nitrogens with one attached hydrogen (secondary N) is 2. The molecule has 0 radical (unpaired) electrons. The van der Waals surface area contributed by atoms with Gasteiger partial charge in [0.1, 0.15) is 11.6 Å². The van der Waals surface area contributed by atoms with Gasteiger partial charge in [0, 0.05) is 36.2 Å². The summed E-state index contributed by atoms with van der Waals surface area (Å²) in [5.41, 5.74) is 2.08. The number of aryl methyl sites for hydroxylation is 1. The van der Waals surface area contributed by atoms with E-state index in [4.69, 9.17) is 4.74 Å². The van der Waals surface area contributed by atoms with Crippen molar-refractivity contribution in [3.05, 3.63) is 60.3 Å². The topological polar surface area (TPSA) is 96.5 Å². The number of rotatable bonds is 12. The minimum absolute atomic E-state index is 0.176. The van der Waals surface area contributed by atoms with Crippen molar-refractivity contribution in [2.45, 2.75) is 45.4 Å². The summed E-state index contributed by atoms with van der Waals surface area (Å²) in [7, 11) is -3.71. The Hall–Kier alpha value is -3.33. The molecule has 3 rings (SSSR count). The predicted octanol–water partition coefficient (Wildman–Crippen LogP) is 5.35. The average Bonchev–Trinajstić information content (AvgIpc) is 2.81. The Morgan fingerprint density at radius 3 is 2.18 bits per heavy atom. The lowest BCUT2D eigenvalue weighted by molar-refractivity contribution is 0.309. The molecular formula is C25H33N5O3S. The molecule has 0 aliphatic rings. The third-order valence-corrected chi connectivity index (χ3v) is 6.62. The van der Waals surface area contributed by atoms with Gasteiger partial charge in [-0.2, -0.15) is 4.98 Å². The van der Waals surface area contributed by atoms with Crippen LogP contribution in [-0.2, 0) is 10.0 Å². The van der Waals surface area contributed by atoms with Crippen LogP contribution in [-0.4, -0.2) is 38.1 Å². The lowest BCUT2D eigenvalue weighted by atomic mass is 10.3. The molecule has 0 saturated heterocycles. The van der Waals surface area contributed by atoms with Gasteiger partial charge in [-0.25, -0.2) is 13.4 Å². The smallest absolute Gasteiger partial charge is 0.261 e. The van der Waals surface area contributed by atoms with E-state index in [1.54, 1.807) is 48.5 Å². The summed E-state index contributed by atoms with van der Waals surface area (Å²) < 4.78 is 33.7. The summed E-state index contributed by atoms with van der Waals surface area (Å²) in [4.78, 5) is 11.4. The second-order valence-electron chi connectivity index (χ2n) is 7.84. The summed E-state index contributed by atoms with van der Waals surface area (Å²) in [6.07, 6.45) is 2.00. The van der Waals surface area contributed by atoms with E-state index >= 15 is 0 Å². The van der Waals surface area contributed by atoms with Crippen LogP contribution in [0.2, 0.25) is 0 Å². The SMILES string of the molecule is CCCCOc1ccc(S(=O)(=O)Nc2ccc(Nc3nc(C)cc(N(CC)CC)n3)cc2)cc1. The van der Waals surface area contributed by atoms with E-state index < -0.39 is 10.0 Å². The van der Waals surface area contributed by atoms with Crippen molar-refractivity contribution in [3.63, 3.8) is 0 Å². The first-order valence-electron chi connectivity index (χ1n) is 11.6. The van der Waals surface area contributed by atoms with Crippen molar-refractivity contribution in [1.82, 2.24) is 9.97 Å². The maximum absolute atomic E-state index is 12.8. The van der Waals surface area contributed by atoms with Gasteiger partial charge in [-0.05, 0) is 75.7 Å². The van der Waals surface area contributed by atoms with Crippen molar-refractivity contribution in [2.75, 3.05) is 34.6 Å². The molecule has 8 nitrogen and oxygen atoms in total. The number of hydrogen-bond donors (Lipinski definition) is 2. The van der Waals surface area contributed by atoms with Crippen LogP contribution >= 0.6 is 0 Å². The van der Waals surface area contributed by atoms with Gasteiger partial charge in [-0.3, -0.25) is 4.72 Å². The average molecular weight is 484 g/mol. The monoisotopic (exact) mass is 483 g/mol. The molecular weight excluding hydrogens is 450 g/mol. The normalized spacial score (nSPS) is 11.2. The number of sulfonamides is 1. The van der Waals surface area contributed by atoms with Crippen molar-refractivity contribution >= 4 is 33.2 Å². The van der Waals surface area contributed by atoms with Gasteiger partial charge in [0.15, 0.2) is 0 Å². The largest absolute Gasteiger partial charge is 0.494 e. The fourth-order valence-electron chi connectivity index (χ4n) is 3.33. The van der Waals surface area contributed by atoms with Gasteiger partial charge in [-0.15, -0.1) is 0 Å². The number of unbranched alkanes of at least 4 members (excludes halogenated alkanes) is 1. The number of benzene rings is 2. The molecule has 0 unspecified atom stereocenters. The van der Waals surface area contributed by atoms with Crippen LogP contribution in [0.4, 0.5) is 23.1 Å². The molecule has 1 heterocycles. The van der Waals surface area contributed by atoms with Crippen molar-refractivity contribution in [3.8, 4) is 5.75 Å². The Balaban J connectivity index is 1.66. The number of hydrogen-bond acceptors (Lipinski definition) is 7. The van der Waals surface area contributed by atoms with Crippen LogP contribution < -0.4 is 19.7 Å². The van der Waals surface area contributed by atoms with Crippen LogP contribution in [0.15, 0.2) is 59.5 Å². The second-order valence-corrected chi connectivity index (χ2v) is 9.53. The minimum atomic E-state index is -3.71. The molecule has 9 heteroatoms. The van der Waals surface area contributed by atoms with E-state index in [2.05, 4.69) is 45.7 Å². The lowest BCUT2D eigenvalue weighted by Gasteiger charge is -2.20. The Labute approximate surface area is 202 Å². The van der Waals surface area contributed by atoms with Gasteiger partial charge in [-0.1, -0.05) is 13.3 Å². The molecule has 0 bridgehead atoms. The van der Waals surface area contributed by atoms with E-state index in [1.807, 2.05) is 13.0 Å². The predicted molar refractivity (Wildman–Crippen MR) is 138 cm³/mol. The molecule has 0 amide bonds. The quantitative estimate of drug-likeness (QED) is 0.335. The molecule has 2 aromatic carbocycles. The van der Waals surface area contributed by atoms with Gasteiger partial charge in [0.2, 0.25) is 5.95 Å². The second kappa shape index (κ2) is 11.7. The van der Waals surface area contributed by atoms with Crippen molar-refractivity contribution < 1.29 is 13.2 Å². The highest BCUT2D eigenvalue weighted by Crippen LogP contribution is 2.23. The van der Waals surface area contributed by atoms with Gasteiger partial charge in [0.05, 0.1) is 11.5 Å². The van der Waals surface area contributed by atoms with Crippen LogP contribution in [0.3, 0.4) is 0 Å². The fourth-order valence-corrected chi connectivity index (χ4v) is 4.39. The molecule has 0 saturated carbocycles. The molecule has 34 heavy (non-hydrogen) atoms. The highest BCUT2D eigenvalue weighted by Gasteiger charge is 2.14. The number of nitrogens with zero attached hydrogens (tertiary/aromatic N) is 3. The van der Waals surface area contributed by atoms with Crippen LogP contribution in [0.5, 0.6) is 5.75 Å². The molecule has 0 fully saturated rings. The molecule has 0 aliphatic carbocycles. The zero-order chi connectivity index (χ0) is 24.6. The Morgan fingerprint density at radius 1 is 0.912 bits per heavy atom. The summed E-state index contributed by atoms with van der Waals surface area (Å²) >= 11 is 0. The van der Waals surface area contributed by atoms with E-state index in [0.717, 1.165) is 43.1 Å². The van der Waals surface area contributed by atoms with Crippen LogP contribution in [0.25, 0.3) is 0 Å². The summed E-state index contributed by atoms with van der Waals surface area (Å²) in [5.74, 6) is 2.02. The minimum Gasteiger partial charge on any atom is -0.494 e. The lowest BCUT2D eigenvalue weighted by Crippen LogP contribution is -2.23. The fraction of sp³-hybridized carbons (Fsp3) is 0.360. The molecule has 182 valence electrons. The highest BCUT2D eigenvalue weighted by atomic mass is 32.2. The first-order chi connectivity index (χ1) is 16.3. The summed E-state index contributed by atoms with van der Waals surface area (Å²) in [6, 6.07) is 15.4. The van der Waals surface area contributed by atoms with E-state index in [1.165, 1.54) is 0 Å². The number of ether oxygens (including phenoxy) is 1. The van der Waals surface area contributed by atoms with Crippen molar-refractivity contribution in [2.24, 2.45) is 0 Å². The maximum atomic E-state index is 12.8. The van der Waals surface area contributed by atoms with E-state index in [-0.39, 0.29) is 4.90 Å². The van der Waals surface area contributed by atoms with E-state index in [0.29, 0.717) is 24.0 Å². The van der Waals surface area contributed by atoms with Crippen LogP contribution in [0.1, 0.15) is 39.3 Å². The zero-order valence-electron chi connectivity index (χ0n) is 20.2. The first-order valence-corrected chi connectivity index (χ1v) is 13.1. The molecule has 0 aliphatic heterocycles. The third-order valence-electron chi connectivity index (χ3n) is 5.22. The third kappa shape index (κ3) is 6.84. The maximum Gasteiger partial charge on any atom is 0.261 e. The molecule has 0 spiro atoms. The van der Waals surface area contributed by atoms with Crippen molar-refractivity contribution in [1.29, 1.82) is 0 Å². The Kier molecular flexibility index (Phi) is 8.70. The number of anilines is 4. The zero-order valence-corrected chi connectivity index (χ0v) is 21.0. The Bertz CT molecular complexity index is 1160. The molecule has 2 N–H and O–H groups in total. The van der Waals surface area contributed by atoms with Crippen LogP contribution in [0, 0.1) is 6.92 Å². The molecule has 1 aromatic heterocycles. The number of aromatic nitrogens is 2. The molecule has 3 aromatic rings. The highest BCUT2D eigenvalue weighted by molar-refractivity contribution is 7.92. The standard InChI is InChI=1S/C25H33N5O3S/c1-5-8-17-33-22-13-15-23(16-14-22)34(31,32)29-21-11-9-20(10-12-21)27-25-26-19(4)18-24(28-25)30(6-2)7-3/h9-16,18,29H,5-8,17H2,1-4H3,(H,26,27,28). The van der Waals surface area contributed by atoms with E-state index in [9.17, 15) is 8.42 Å². The first kappa shape index (κ1) is 25.3. The van der Waals surface area contributed by atoms with Gasteiger partial charge in [0.25, 0.3) is 10.0 Å². The van der Waals surface area contributed by atoms with Gasteiger partial charge < -0.3 is 15.0 Å². The van der Waals surface area contributed by atoms with Gasteiger partial charge >= 0.3 is 0 Å². The Morgan fingerprint density at radius 2 is 1.56 bits per heavy atom. The summed E-state index contributed by atoms with van der Waals surface area (Å²) in [6.45, 7) is 10.5. The molecule has 0 atom stereocenters. The summed E-state index contributed by atoms with van der Waals surface area (Å²) in [5, 5.41) is 3.20.